The molecule has 612 valence electrons. The van der Waals surface area contributed by atoms with Gasteiger partial charge in [-0.3, -0.25) is 38.7 Å². The van der Waals surface area contributed by atoms with Gasteiger partial charge in [0.2, 0.25) is 23.6 Å². The standard InChI is InChI=1S/C83H107ClF3N11O11S4/c1-56-52-109-46-45-95(56)36-34-65(53-110-68-15-11-10-12-16-68)90-71-32-31-69(48-73(71)112(105,106)83(85,86)87)113(107,108)92-78(102)62-25-29-66(30-26-62)96-41-37-93(38-42-96)50-63-49-82(7,35-33-70(63)60-23-27-64(84)28-24-60)54-94-39-43-97(44-40-94)75(101)18-14-9-8-13-17-74(100)91-77(81(4,5)6)80(104)98-51-67(99)47-72(98)79(103)89-57(2)59-19-21-61(22-20-59)76-58(3)88-55-111-76/h10-12,15-16,19-32,48,55-57,65,67,72,77,90,99H,8-9,13-14,17-18,33-47,49-54H2,1-7H3,(H,89,103)(H,91,100)(H,92,102)/t56-,57-,65+,67+,72-,77+,82+/m0/s1. The average molecular weight is 1660 g/mol. The highest BCUT2D eigenvalue weighted by atomic mass is 35.5. The predicted molar refractivity (Wildman–Crippen MR) is 438 cm³/mol. The van der Waals surface area contributed by atoms with Crippen molar-refractivity contribution in [1.29, 1.82) is 0 Å². The topological polar surface area (TPSA) is 264 Å². The van der Waals surface area contributed by atoms with Crippen LogP contribution in [-0.2, 0) is 43.8 Å². The number of sulfonamides is 1. The number of nitrogens with zero attached hydrogens (tertiary/aromatic N) is 7. The molecule has 1 aromatic heterocycles. The van der Waals surface area contributed by atoms with E-state index in [1.165, 1.54) is 39.9 Å². The highest BCUT2D eigenvalue weighted by Crippen LogP contribution is 2.45. The Morgan fingerprint density at radius 1 is 0.805 bits per heavy atom. The Labute approximate surface area is 676 Å². The molecule has 5 aromatic carbocycles. The van der Waals surface area contributed by atoms with Crippen LogP contribution in [0.4, 0.5) is 24.5 Å². The third-order valence-electron chi connectivity index (χ3n) is 22.4. The Kier molecular flexibility index (Phi) is 29.1. The fraction of sp³-hybridized carbons (Fsp3) is 0.518. The van der Waals surface area contributed by atoms with Crippen molar-refractivity contribution in [2.75, 3.05) is 114 Å². The van der Waals surface area contributed by atoms with Crippen molar-refractivity contribution in [3.63, 3.8) is 0 Å². The van der Waals surface area contributed by atoms with E-state index in [4.69, 9.17) is 16.3 Å². The molecule has 6 aromatic rings. The lowest BCUT2D eigenvalue weighted by molar-refractivity contribution is -0.144. The molecule has 22 nitrogen and oxygen atoms in total. The van der Waals surface area contributed by atoms with Gasteiger partial charge in [-0.2, -0.15) is 13.2 Å². The number of unbranched alkanes of at least 4 members (excludes halogenated alkanes) is 3. The highest BCUT2D eigenvalue weighted by Gasteiger charge is 2.49. The first-order valence-corrected chi connectivity index (χ1v) is 44.3. The largest absolute Gasteiger partial charge is 0.501 e. The minimum Gasteiger partial charge on any atom is -0.391 e. The number of aromatic nitrogens is 1. The SMILES string of the molecule is Cc1ncsc1-c1ccc([C@H](C)NC(=O)[C@@H]2C[C@@H](O)CN2C(=O)[C@@H](NC(=O)CCCCCCC(=O)N2CCN(C[C@]3(C)CCC(c4ccc(Cl)cc4)=C(CN4CCN(c5ccc(C(=O)NS(=O)(=O)c6ccc(N[C@H](CCN7CCOC[C@@H]7C)CSc7ccccc7)c(S(=O)(=O)C(F)(F)F)c6)cc5)CC4)C3)CC2)C(C)(C)C)cc1. The van der Waals surface area contributed by atoms with Crippen LogP contribution in [0.25, 0.3) is 16.0 Å². The van der Waals surface area contributed by atoms with Gasteiger partial charge in [0.25, 0.3) is 25.8 Å². The van der Waals surface area contributed by atoms with E-state index >= 15 is 0 Å². The van der Waals surface area contributed by atoms with E-state index in [-0.39, 0.29) is 60.2 Å². The second kappa shape index (κ2) is 38.1. The lowest BCUT2D eigenvalue weighted by atomic mass is 9.71. The number of likely N-dealkylation sites (tertiary alicyclic amines) is 1. The smallest absolute Gasteiger partial charge is 0.391 e. The Morgan fingerprint density at radius 3 is 2.13 bits per heavy atom. The summed E-state index contributed by atoms with van der Waals surface area (Å²) in [4.78, 5) is 85.8. The Hall–Kier alpha value is -7.45. The molecule has 5 amide bonds. The quantitative estimate of drug-likeness (QED) is 0.0200. The number of halogens is 4. The molecule has 11 rings (SSSR count). The number of rotatable bonds is 31. The van der Waals surface area contributed by atoms with E-state index in [0.717, 1.165) is 121 Å². The Balaban J connectivity index is 0.622. The van der Waals surface area contributed by atoms with Crippen LogP contribution in [-0.4, -0.2) is 221 Å². The van der Waals surface area contributed by atoms with Crippen LogP contribution in [0.2, 0.25) is 5.02 Å². The first-order chi connectivity index (χ1) is 53.7. The Morgan fingerprint density at radius 2 is 1.48 bits per heavy atom. The summed E-state index contributed by atoms with van der Waals surface area (Å²) in [6.07, 6.45) is 5.76. The van der Waals surface area contributed by atoms with Gasteiger partial charge < -0.3 is 40.5 Å². The average Bonchev–Trinajstić information content (AvgIpc) is 1.38. The van der Waals surface area contributed by atoms with E-state index in [9.17, 15) is 59.1 Å². The third-order valence-corrected chi connectivity index (χ3v) is 27.6. The second-order valence-electron chi connectivity index (χ2n) is 32.1. The molecular formula is C83H107ClF3N11O11S4. The van der Waals surface area contributed by atoms with Gasteiger partial charge in [-0.25, -0.2) is 26.5 Å². The summed E-state index contributed by atoms with van der Waals surface area (Å²) in [6, 6.07) is 31.4. The molecule has 4 saturated heterocycles. The number of hydrogen-bond acceptors (Lipinski definition) is 19. The van der Waals surface area contributed by atoms with Crippen LogP contribution in [0.15, 0.2) is 147 Å². The summed E-state index contributed by atoms with van der Waals surface area (Å²) >= 11 is 9.41. The van der Waals surface area contributed by atoms with Crippen LogP contribution in [0.1, 0.15) is 145 Å². The molecule has 5 heterocycles. The van der Waals surface area contributed by atoms with E-state index in [0.29, 0.717) is 95.0 Å². The van der Waals surface area contributed by atoms with Gasteiger partial charge in [-0.15, -0.1) is 23.1 Å². The van der Waals surface area contributed by atoms with Gasteiger partial charge >= 0.3 is 5.51 Å². The molecular weight excluding hydrogens is 1550 g/mol. The number of morpholine rings is 1. The number of aliphatic hydroxyl groups is 1. The molecule has 4 aliphatic heterocycles. The molecule has 7 atom stereocenters. The number of carbonyl (C=O) groups is 5. The second-order valence-corrected chi connectivity index (χ2v) is 38.1. The number of allylic oxidation sites excluding steroid dienone is 1. The van der Waals surface area contributed by atoms with Crippen LogP contribution < -0.4 is 25.6 Å². The van der Waals surface area contributed by atoms with Gasteiger partial charge in [0, 0.05) is 143 Å². The molecule has 0 saturated carbocycles. The number of β-amino-alcohol motifs (C(OH)–C–C–N with tert-alkyl or cyclic N) is 1. The van der Waals surface area contributed by atoms with Crippen LogP contribution >= 0.6 is 34.7 Å². The van der Waals surface area contributed by atoms with Gasteiger partial charge in [-0.1, -0.05) is 112 Å². The molecule has 1 aliphatic carbocycles. The van der Waals surface area contributed by atoms with Crippen molar-refractivity contribution >= 4 is 101 Å². The molecule has 4 fully saturated rings. The van der Waals surface area contributed by atoms with Crippen LogP contribution in [0.5, 0.6) is 0 Å². The zero-order valence-corrected chi connectivity index (χ0v) is 69.5. The molecule has 113 heavy (non-hydrogen) atoms. The maximum absolute atomic E-state index is 14.4. The number of nitrogens with one attached hydrogen (secondary N) is 4. The molecule has 0 radical (unpaired) electrons. The van der Waals surface area contributed by atoms with Gasteiger partial charge in [0.1, 0.15) is 17.0 Å². The first kappa shape index (κ1) is 86.4. The fourth-order valence-electron chi connectivity index (χ4n) is 15.8. The number of amides is 5. The number of sulfone groups is 1. The van der Waals surface area contributed by atoms with Crippen molar-refractivity contribution in [3.8, 4) is 10.4 Å². The van der Waals surface area contributed by atoms with Crippen molar-refractivity contribution in [3.05, 3.63) is 160 Å². The van der Waals surface area contributed by atoms with E-state index in [1.807, 2.05) is 123 Å². The predicted octanol–water partition coefficient (Wildman–Crippen LogP) is 12.5. The van der Waals surface area contributed by atoms with Crippen molar-refractivity contribution in [2.45, 2.75) is 176 Å². The fourth-order valence-corrected chi connectivity index (χ4v) is 19.7. The number of carbonyl (C=O) groups excluding carboxylic acids is 5. The zero-order chi connectivity index (χ0) is 81.0. The zero-order valence-electron chi connectivity index (χ0n) is 65.5. The van der Waals surface area contributed by atoms with E-state index in [2.05, 4.69) is 59.6 Å². The molecule has 0 unspecified atom stereocenters. The highest BCUT2D eigenvalue weighted by molar-refractivity contribution is 7.99. The molecule has 0 bridgehead atoms. The summed E-state index contributed by atoms with van der Waals surface area (Å²) in [7, 11) is -11.0. The molecule has 30 heteroatoms. The summed E-state index contributed by atoms with van der Waals surface area (Å²) in [5, 5.41) is 20.5. The van der Waals surface area contributed by atoms with E-state index < -0.39 is 82.3 Å². The van der Waals surface area contributed by atoms with Gasteiger partial charge in [-0.05, 0) is 159 Å². The number of anilines is 2. The number of ether oxygens (including phenoxy) is 1. The lowest BCUT2D eigenvalue weighted by Crippen LogP contribution is -2.57. The monoisotopic (exact) mass is 1650 g/mol. The third kappa shape index (κ3) is 22.8. The van der Waals surface area contributed by atoms with Crippen molar-refractivity contribution in [1.82, 2.24) is 44.8 Å². The number of aryl methyl sites for hydroxylation is 1. The number of benzene rings is 5. The number of piperazine rings is 2. The summed E-state index contributed by atoms with van der Waals surface area (Å²) in [5.74, 6) is -1.65. The number of aliphatic hydroxyl groups excluding tert-OH is 1. The van der Waals surface area contributed by atoms with Crippen LogP contribution in [0, 0.1) is 17.8 Å². The summed E-state index contributed by atoms with van der Waals surface area (Å²) in [6.45, 7) is 23.2. The molecule has 5 N–H and O–H groups in total. The number of thiazole rings is 1. The van der Waals surface area contributed by atoms with Crippen LogP contribution in [0.3, 0.4) is 0 Å². The Bertz CT molecular complexity index is 4540. The van der Waals surface area contributed by atoms with Gasteiger partial charge in [0.05, 0.1) is 52.0 Å². The van der Waals surface area contributed by atoms with Gasteiger partial charge in [0.15, 0.2) is 0 Å². The molecule has 5 aliphatic rings. The minimum absolute atomic E-state index is 0.0211. The number of hydrogen-bond donors (Lipinski definition) is 5. The maximum Gasteiger partial charge on any atom is 0.501 e. The van der Waals surface area contributed by atoms with Crippen molar-refractivity contribution in [2.24, 2.45) is 10.8 Å². The summed E-state index contributed by atoms with van der Waals surface area (Å²) < 4.78 is 105. The minimum atomic E-state index is -6.12. The normalized spacial score (nSPS) is 20.7. The number of alkyl halides is 3. The lowest BCUT2D eigenvalue weighted by Gasteiger charge is -2.44. The first-order valence-electron chi connectivity index (χ1n) is 39.1. The van der Waals surface area contributed by atoms with Crippen molar-refractivity contribution < 1.29 is 63.8 Å². The summed E-state index contributed by atoms with van der Waals surface area (Å²) in [5.41, 5.74) is 2.36. The van der Waals surface area contributed by atoms with E-state index in [1.54, 1.807) is 23.5 Å². The molecule has 0 spiro atoms. The maximum atomic E-state index is 14.4. The number of thioether (sulfide) groups is 1.